The molecule has 18 heavy (non-hydrogen) atoms. The van der Waals surface area contributed by atoms with Crippen molar-refractivity contribution >= 4 is 0 Å². The number of fused-ring (bicyclic) bond motifs is 1. The van der Waals surface area contributed by atoms with Crippen LogP contribution in [-0.4, -0.2) is 18.2 Å². The Kier molecular flexibility index (Phi) is 2.90. The number of hydrogen-bond acceptors (Lipinski definition) is 1. The topological polar surface area (TPSA) is 36.8 Å². The van der Waals surface area contributed by atoms with Crippen molar-refractivity contribution in [2.24, 2.45) is 0 Å². The Labute approximate surface area is 107 Å². The van der Waals surface area contributed by atoms with Gasteiger partial charge in [0.05, 0.1) is 6.54 Å². The average Bonchev–Trinajstić information content (AvgIpc) is 2.61. The van der Waals surface area contributed by atoms with Gasteiger partial charge in [-0.1, -0.05) is 54.6 Å². The third kappa shape index (κ3) is 1.84. The minimum atomic E-state index is -0.867. The maximum atomic E-state index is 11.1. The lowest BCUT2D eigenvalue weighted by molar-refractivity contribution is -0.665. The third-order valence-electron chi connectivity index (χ3n) is 3.77. The number of rotatable bonds is 1. The molecular formula is C16H18NO+. The van der Waals surface area contributed by atoms with Crippen LogP contribution in [0.15, 0.2) is 54.6 Å². The van der Waals surface area contributed by atoms with Gasteiger partial charge in [-0.25, -0.2) is 0 Å². The maximum absolute atomic E-state index is 11.1. The molecule has 2 aromatic carbocycles. The Hall–Kier alpha value is -1.64. The monoisotopic (exact) mass is 240 g/mol. The van der Waals surface area contributed by atoms with Gasteiger partial charge in [0.1, 0.15) is 6.54 Å². The molecule has 3 rings (SSSR count). The molecule has 1 atom stereocenters. The van der Waals surface area contributed by atoms with Crippen LogP contribution < -0.4 is 5.32 Å². The molecule has 0 aromatic heterocycles. The summed E-state index contributed by atoms with van der Waals surface area (Å²) in [5.41, 5.74) is 2.44. The predicted octanol–water partition coefficient (Wildman–Crippen LogP) is 1.04. The minimum Gasteiger partial charge on any atom is -0.375 e. The van der Waals surface area contributed by atoms with E-state index in [2.05, 4.69) is 23.5 Å². The quantitative estimate of drug-likeness (QED) is 0.768. The van der Waals surface area contributed by atoms with E-state index < -0.39 is 5.60 Å². The van der Waals surface area contributed by atoms with Crippen molar-refractivity contribution < 1.29 is 10.4 Å². The van der Waals surface area contributed by atoms with Gasteiger partial charge in [-0.15, -0.1) is 0 Å². The van der Waals surface area contributed by atoms with Crippen LogP contribution in [0, 0.1) is 0 Å². The lowest BCUT2D eigenvalue weighted by Gasteiger charge is -2.27. The summed E-state index contributed by atoms with van der Waals surface area (Å²) in [6, 6.07) is 18.2. The fourth-order valence-corrected chi connectivity index (χ4v) is 2.81. The molecule has 0 unspecified atom stereocenters. The number of quaternary nitrogens is 1. The first-order chi connectivity index (χ1) is 8.81. The third-order valence-corrected chi connectivity index (χ3v) is 3.77. The van der Waals surface area contributed by atoms with Crippen molar-refractivity contribution in [3.63, 3.8) is 0 Å². The van der Waals surface area contributed by atoms with E-state index in [1.54, 1.807) is 0 Å². The first kappa shape index (κ1) is 11.5. The summed E-state index contributed by atoms with van der Waals surface area (Å²) in [6.45, 7) is 1.72. The second-order valence-electron chi connectivity index (χ2n) is 4.91. The summed E-state index contributed by atoms with van der Waals surface area (Å²) in [5.74, 6) is 0. The number of nitrogens with two attached hydrogens (primary N) is 1. The normalized spacial score (nSPS) is 23.2. The first-order valence-corrected chi connectivity index (χ1v) is 6.49. The molecule has 0 fully saturated rings. The van der Waals surface area contributed by atoms with Crippen LogP contribution in [-0.2, 0) is 12.0 Å². The highest BCUT2D eigenvalue weighted by atomic mass is 16.3. The van der Waals surface area contributed by atoms with E-state index >= 15 is 0 Å². The Balaban J connectivity index is 2.16. The average molecular weight is 240 g/mol. The molecule has 0 aliphatic carbocycles. The Morgan fingerprint density at radius 3 is 2.50 bits per heavy atom. The van der Waals surface area contributed by atoms with E-state index in [0.29, 0.717) is 6.54 Å². The molecule has 1 heterocycles. The predicted molar refractivity (Wildman–Crippen MR) is 71.2 cm³/mol. The molecule has 0 saturated carbocycles. The van der Waals surface area contributed by atoms with Crippen molar-refractivity contribution in [3.8, 4) is 0 Å². The van der Waals surface area contributed by atoms with E-state index in [1.807, 2.05) is 36.4 Å². The molecule has 0 saturated heterocycles. The van der Waals surface area contributed by atoms with Crippen LogP contribution >= 0.6 is 0 Å². The lowest BCUT2D eigenvalue weighted by Crippen LogP contribution is -2.87. The smallest absolute Gasteiger partial charge is 0.164 e. The van der Waals surface area contributed by atoms with E-state index in [0.717, 1.165) is 24.1 Å². The summed E-state index contributed by atoms with van der Waals surface area (Å²) in [5, 5.41) is 13.3. The van der Waals surface area contributed by atoms with Gasteiger partial charge in [-0.05, 0) is 16.7 Å². The lowest BCUT2D eigenvalue weighted by atomic mass is 9.84. The van der Waals surface area contributed by atoms with Crippen molar-refractivity contribution in [1.29, 1.82) is 0 Å². The zero-order valence-corrected chi connectivity index (χ0v) is 10.3. The van der Waals surface area contributed by atoms with Gasteiger partial charge < -0.3 is 10.4 Å². The highest BCUT2D eigenvalue weighted by Gasteiger charge is 2.36. The standard InChI is InChI=1S/C16H17NO/c18-16(14-7-2-1-3-8-14)12-17-11-10-13-6-4-5-9-15(13)16/h1-9,17-18H,10-12H2/p+1/t16-/m0/s1. The Morgan fingerprint density at radius 1 is 0.944 bits per heavy atom. The van der Waals surface area contributed by atoms with Gasteiger partial charge in [-0.3, -0.25) is 0 Å². The van der Waals surface area contributed by atoms with Gasteiger partial charge in [0, 0.05) is 6.42 Å². The summed E-state index contributed by atoms with van der Waals surface area (Å²) in [4.78, 5) is 0. The molecule has 1 aliphatic rings. The SMILES string of the molecule is O[C@]1(c2ccccc2)C[NH2+]CCc2ccccc21. The molecule has 2 nitrogen and oxygen atoms in total. The molecule has 2 heteroatoms. The fraction of sp³-hybridized carbons (Fsp3) is 0.250. The second kappa shape index (κ2) is 4.56. The highest BCUT2D eigenvalue weighted by molar-refractivity contribution is 5.41. The molecule has 92 valence electrons. The van der Waals surface area contributed by atoms with Gasteiger partial charge in [0.2, 0.25) is 0 Å². The molecule has 0 radical (unpaired) electrons. The molecular weight excluding hydrogens is 222 g/mol. The van der Waals surface area contributed by atoms with Gasteiger partial charge in [-0.2, -0.15) is 0 Å². The van der Waals surface area contributed by atoms with Crippen LogP contribution in [0.1, 0.15) is 16.7 Å². The molecule has 3 N–H and O–H groups in total. The number of aliphatic hydroxyl groups is 1. The highest BCUT2D eigenvalue weighted by Crippen LogP contribution is 2.31. The largest absolute Gasteiger partial charge is 0.375 e. The summed E-state index contributed by atoms with van der Waals surface area (Å²) >= 11 is 0. The van der Waals surface area contributed by atoms with Gasteiger partial charge in [0.25, 0.3) is 0 Å². The number of hydrogen-bond donors (Lipinski definition) is 2. The van der Waals surface area contributed by atoms with Crippen LogP contribution in [0.2, 0.25) is 0 Å². The molecule has 0 spiro atoms. The minimum absolute atomic E-state index is 0.689. The van der Waals surface area contributed by atoms with Crippen molar-refractivity contribution in [3.05, 3.63) is 71.3 Å². The van der Waals surface area contributed by atoms with Crippen LogP contribution in [0.5, 0.6) is 0 Å². The zero-order valence-electron chi connectivity index (χ0n) is 10.3. The summed E-state index contributed by atoms with van der Waals surface area (Å²) in [6.07, 6.45) is 1.02. The molecule has 0 bridgehead atoms. The van der Waals surface area contributed by atoms with Crippen LogP contribution in [0.4, 0.5) is 0 Å². The first-order valence-electron chi connectivity index (χ1n) is 6.49. The maximum Gasteiger partial charge on any atom is 0.164 e. The zero-order chi connectivity index (χ0) is 12.4. The molecule has 2 aromatic rings. The number of benzene rings is 2. The Bertz CT molecular complexity index is 538. The van der Waals surface area contributed by atoms with Gasteiger partial charge in [0.15, 0.2) is 5.60 Å². The summed E-state index contributed by atoms with van der Waals surface area (Å²) in [7, 11) is 0. The van der Waals surface area contributed by atoms with Crippen molar-refractivity contribution in [2.45, 2.75) is 12.0 Å². The van der Waals surface area contributed by atoms with E-state index in [1.165, 1.54) is 5.56 Å². The van der Waals surface area contributed by atoms with E-state index in [9.17, 15) is 5.11 Å². The van der Waals surface area contributed by atoms with E-state index in [4.69, 9.17) is 0 Å². The molecule has 1 aliphatic heterocycles. The summed E-state index contributed by atoms with van der Waals surface area (Å²) < 4.78 is 0. The molecule has 0 amide bonds. The van der Waals surface area contributed by atoms with Gasteiger partial charge >= 0.3 is 0 Å². The van der Waals surface area contributed by atoms with Crippen LogP contribution in [0.25, 0.3) is 0 Å². The second-order valence-corrected chi connectivity index (χ2v) is 4.91. The van der Waals surface area contributed by atoms with Crippen LogP contribution in [0.3, 0.4) is 0 Å². The van der Waals surface area contributed by atoms with Crippen molar-refractivity contribution in [1.82, 2.24) is 0 Å². The fourth-order valence-electron chi connectivity index (χ4n) is 2.81. The Morgan fingerprint density at radius 2 is 1.67 bits per heavy atom. The van der Waals surface area contributed by atoms with E-state index in [-0.39, 0.29) is 0 Å². The van der Waals surface area contributed by atoms with Crippen molar-refractivity contribution in [2.75, 3.05) is 13.1 Å².